The number of hydrogen-bond donors (Lipinski definition) is 1. The van der Waals surface area contributed by atoms with Crippen LogP contribution < -0.4 is 5.32 Å². The first-order valence-corrected chi connectivity index (χ1v) is 7.76. The lowest BCUT2D eigenvalue weighted by Crippen LogP contribution is -2.16. The fourth-order valence-corrected chi connectivity index (χ4v) is 2.54. The van der Waals surface area contributed by atoms with Crippen LogP contribution >= 0.6 is 11.8 Å². The summed E-state index contributed by atoms with van der Waals surface area (Å²) in [5.41, 5.74) is -0.212. The molecule has 0 unspecified atom stereocenters. The van der Waals surface area contributed by atoms with Gasteiger partial charge in [-0.05, 0) is 34.7 Å². The molecule has 2 heterocycles. The number of nitrogens with zero attached hydrogens (tertiary/aromatic N) is 4. The molecule has 10 heteroatoms. The fourth-order valence-electron chi connectivity index (χ4n) is 1.86. The Morgan fingerprint density at radius 2 is 2.21 bits per heavy atom. The highest BCUT2D eigenvalue weighted by Gasteiger charge is 2.13. The number of thioether (sulfide) groups is 1. The van der Waals surface area contributed by atoms with E-state index in [0.717, 1.165) is 30.0 Å². The van der Waals surface area contributed by atoms with E-state index < -0.39 is 17.5 Å². The van der Waals surface area contributed by atoms with Crippen molar-refractivity contribution >= 4 is 23.4 Å². The third kappa shape index (κ3) is 3.96. The van der Waals surface area contributed by atoms with Crippen molar-refractivity contribution < 1.29 is 18.0 Å². The number of furan rings is 1. The molecule has 0 aliphatic rings. The maximum Gasteiger partial charge on any atom is 0.234 e. The van der Waals surface area contributed by atoms with E-state index in [4.69, 9.17) is 4.42 Å². The summed E-state index contributed by atoms with van der Waals surface area (Å²) in [7, 11) is 0. The first-order valence-electron chi connectivity index (χ1n) is 6.78. The number of tetrazole rings is 1. The number of aromatic nitrogens is 4. The SMILES string of the molecule is O=C(CSc1nnnn1Cc1ccco1)Nc1cc(F)ccc1F. The lowest BCUT2D eigenvalue weighted by Gasteiger charge is -2.06. The van der Waals surface area contributed by atoms with E-state index in [2.05, 4.69) is 20.8 Å². The standard InChI is InChI=1S/C14H11F2N5O2S/c15-9-3-4-11(16)12(6-9)17-13(22)8-24-14-18-19-20-21(14)7-10-2-1-5-23-10/h1-6H,7-8H2,(H,17,22). The highest BCUT2D eigenvalue weighted by molar-refractivity contribution is 7.99. The minimum Gasteiger partial charge on any atom is -0.467 e. The van der Waals surface area contributed by atoms with Crippen LogP contribution in [0.1, 0.15) is 5.76 Å². The molecular weight excluding hydrogens is 340 g/mol. The Balaban J connectivity index is 1.59. The average molecular weight is 351 g/mol. The van der Waals surface area contributed by atoms with Crippen LogP contribution in [0, 0.1) is 11.6 Å². The number of benzene rings is 1. The van der Waals surface area contributed by atoms with Crippen LogP contribution in [-0.2, 0) is 11.3 Å². The van der Waals surface area contributed by atoms with Gasteiger partial charge in [0.05, 0.1) is 17.7 Å². The molecule has 1 aromatic carbocycles. The number of rotatable bonds is 6. The van der Waals surface area contributed by atoms with Crippen molar-refractivity contribution in [1.82, 2.24) is 20.2 Å². The van der Waals surface area contributed by atoms with Crippen LogP contribution in [0.4, 0.5) is 14.5 Å². The number of nitrogens with one attached hydrogen (secondary N) is 1. The monoisotopic (exact) mass is 351 g/mol. The largest absolute Gasteiger partial charge is 0.467 e. The number of carbonyl (C=O) groups excluding carboxylic acids is 1. The quantitative estimate of drug-likeness (QED) is 0.686. The summed E-state index contributed by atoms with van der Waals surface area (Å²) >= 11 is 1.07. The Hall–Kier alpha value is -2.75. The lowest BCUT2D eigenvalue weighted by atomic mass is 10.3. The zero-order valence-electron chi connectivity index (χ0n) is 12.1. The topological polar surface area (TPSA) is 85.8 Å². The number of amides is 1. The predicted molar refractivity (Wildman–Crippen MR) is 81.3 cm³/mol. The molecule has 1 amide bonds. The van der Waals surface area contributed by atoms with Crippen molar-refractivity contribution in [2.24, 2.45) is 0 Å². The third-order valence-electron chi connectivity index (χ3n) is 2.92. The van der Waals surface area contributed by atoms with Gasteiger partial charge in [-0.25, -0.2) is 13.5 Å². The first-order chi connectivity index (χ1) is 11.6. The van der Waals surface area contributed by atoms with E-state index in [0.29, 0.717) is 17.5 Å². The summed E-state index contributed by atoms with van der Waals surface area (Å²) in [5.74, 6) is -1.25. The predicted octanol–water partition coefficient (Wildman–Crippen LogP) is 2.32. The van der Waals surface area contributed by atoms with Gasteiger partial charge in [0.1, 0.15) is 23.9 Å². The third-order valence-corrected chi connectivity index (χ3v) is 3.88. The summed E-state index contributed by atoms with van der Waals surface area (Å²) in [5, 5.41) is 13.9. The van der Waals surface area contributed by atoms with Crippen molar-refractivity contribution in [3.8, 4) is 0 Å². The Morgan fingerprint density at radius 1 is 1.33 bits per heavy atom. The molecular formula is C14H11F2N5O2S. The smallest absolute Gasteiger partial charge is 0.234 e. The molecule has 124 valence electrons. The van der Waals surface area contributed by atoms with Crippen molar-refractivity contribution in [3.05, 3.63) is 54.0 Å². The normalized spacial score (nSPS) is 10.8. The van der Waals surface area contributed by atoms with Crippen LogP contribution in [0.15, 0.2) is 46.2 Å². The highest BCUT2D eigenvalue weighted by atomic mass is 32.2. The van der Waals surface area contributed by atoms with Crippen molar-refractivity contribution in [3.63, 3.8) is 0 Å². The highest BCUT2D eigenvalue weighted by Crippen LogP contribution is 2.18. The van der Waals surface area contributed by atoms with E-state index in [9.17, 15) is 13.6 Å². The molecule has 0 bridgehead atoms. The molecule has 0 radical (unpaired) electrons. The molecule has 7 nitrogen and oxygen atoms in total. The Bertz CT molecular complexity index is 838. The van der Waals surface area contributed by atoms with E-state index >= 15 is 0 Å². The maximum absolute atomic E-state index is 13.5. The molecule has 1 N–H and O–H groups in total. The van der Waals surface area contributed by atoms with Gasteiger partial charge in [-0.3, -0.25) is 4.79 Å². The Labute approximate surface area is 139 Å². The number of halogens is 2. The van der Waals surface area contributed by atoms with Gasteiger partial charge in [0.2, 0.25) is 11.1 Å². The molecule has 0 saturated heterocycles. The summed E-state index contributed by atoms with van der Waals surface area (Å²) in [4.78, 5) is 11.9. The van der Waals surface area contributed by atoms with Gasteiger partial charge in [-0.15, -0.1) is 5.10 Å². The molecule has 0 atom stereocenters. The molecule has 0 aliphatic heterocycles. The van der Waals surface area contributed by atoms with Crippen LogP contribution in [0.2, 0.25) is 0 Å². The molecule has 3 aromatic rings. The van der Waals surface area contributed by atoms with Gasteiger partial charge in [0.15, 0.2) is 0 Å². The van der Waals surface area contributed by atoms with Crippen LogP contribution in [0.5, 0.6) is 0 Å². The average Bonchev–Trinajstić information content (AvgIpc) is 3.21. The van der Waals surface area contributed by atoms with Crippen molar-refractivity contribution in [2.45, 2.75) is 11.7 Å². The summed E-state index contributed by atoms with van der Waals surface area (Å²) in [6.07, 6.45) is 1.54. The van der Waals surface area contributed by atoms with Crippen LogP contribution in [0.25, 0.3) is 0 Å². The first kappa shape index (κ1) is 16.1. The van der Waals surface area contributed by atoms with E-state index in [-0.39, 0.29) is 11.4 Å². The molecule has 24 heavy (non-hydrogen) atoms. The number of hydrogen-bond acceptors (Lipinski definition) is 6. The van der Waals surface area contributed by atoms with Gasteiger partial charge in [0, 0.05) is 6.07 Å². The van der Waals surface area contributed by atoms with Crippen molar-refractivity contribution in [2.75, 3.05) is 11.1 Å². The second-order valence-electron chi connectivity index (χ2n) is 4.66. The molecule has 0 fully saturated rings. The summed E-state index contributed by atoms with van der Waals surface area (Å²) in [6.45, 7) is 0.322. The second kappa shape index (κ2) is 7.21. The van der Waals surface area contributed by atoms with Gasteiger partial charge >= 0.3 is 0 Å². The van der Waals surface area contributed by atoms with Gasteiger partial charge < -0.3 is 9.73 Å². The molecule has 0 saturated carbocycles. The lowest BCUT2D eigenvalue weighted by molar-refractivity contribution is -0.113. The second-order valence-corrected chi connectivity index (χ2v) is 5.60. The van der Waals surface area contributed by atoms with Crippen LogP contribution in [-0.4, -0.2) is 31.9 Å². The zero-order valence-corrected chi connectivity index (χ0v) is 13.0. The maximum atomic E-state index is 13.5. The molecule has 2 aromatic heterocycles. The van der Waals surface area contributed by atoms with E-state index in [1.807, 2.05) is 0 Å². The number of anilines is 1. The zero-order chi connectivity index (χ0) is 16.9. The van der Waals surface area contributed by atoms with Gasteiger partial charge in [-0.1, -0.05) is 11.8 Å². The minimum absolute atomic E-state index is 0.0610. The number of carbonyl (C=O) groups is 1. The van der Waals surface area contributed by atoms with Crippen LogP contribution in [0.3, 0.4) is 0 Å². The molecule has 3 rings (SSSR count). The summed E-state index contributed by atoms with van der Waals surface area (Å²) < 4.78 is 33.2. The van der Waals surface area contributed by atoms with Crippen molar-refractivity contribution in [1.29, 1.82) is 0 Å². The summed E-state index contributed by atoms with van der Waals surface area (Å²) in [6, 6.07) is 6.35. The van der Waals surface area contributed by atoms with E-state index in [1.165, 1.54) is 10.9 Å². The Kier molecular flexibility index (Phi) is 4.85. The van der Waals surface area contributed by atoms with E-state index in [1.54, 1.807) is 12.1 Å². The Morgan fingerprint density at radius 3 is 3.00 bits per heavy atom. The molecule has 0 aliphatic carbocycles. The molecule has 0 spiro atoms. The van der Waals surface area contributed by atoms with Gasteiger partial charge in [-0.2, -0.15) is 0 Å². The van der Waals surface area contributed by atoms with Gasteiger partial charge in [0.25, 0.3) is 0 Å². The minimum atomic E-state index is -0.711. The fraction of sp³-hybridized carbons (Fsp3) is 0.143.